The van der Waals surface area contributed by atoms with Gasteiger partial charge in [-0.1, -0.05) is 74.5 Å². The van der Waals surface area contributed by atoms with Crippen molar-refractivity contribution in [1.82, 2.24) is 0 Å². The van der Waals surface area contributed by atoms with E-state index in [-0.39, 0.29) is 11.8 Å². The van der Waals surface area contributed by atoms with E-state index in [1.165, 1.54) is 11.1 Å². The van der Waals surface area contributed by atoms with Crippen LogP contribution in [0.4, 0.5) is 11.4 Å². The van der Waals surface area contributed by atoms with Crippen LogP contribution in [-0.4, -0.2) is 11.8 Å². The molecule has 0 aromatic heterocycles. The minimum absolute atomic E-state index is 0.0949. The third-order valence-electron chi connectivity index (χ3n) is 6.67. The third-order valence-corrected chi connectivity index (χ3v) is 6.67. The number of anilines is 2. The predicted molar refractivity (Wildman–Crippen MR) is 153 cm³/mol. The lowest BCUT2D eigenvalue weighted by Gasteiger charge is -2.18. The summed E-state index contributed by atoms with van der Waals surface area (Å²) >= 11 is 0. The van der Waals surface area contributed by atoms with Crippen LogP contribution in [0.25, 0.3) is 0 Å². The van der Waals surface area contributed by atoms with E-state index in [2.05, 4.69) is 48.7 Å². The van der Waals surface area contributed by atoms with Gasteiger partial charge < -0.3 is 10.6 Å². The summed E-state index contributed by atoms with van der Waals surface area (Å²) in [5, 5.41) is 6.25. The molecule has 4 rings (SSSR count). The lowest BCUT2D eigenvalue weighted by molar-refractivity contribution is 0.101. The van der Waals surface area contributed by atoms with E-state index in [0.29, 0.717) is 11.1 Å². The number of hydrogen-bond acceptors (Lipinski definition) is 2. The van der Waals surface area contributed by atoms with Gasteiger partial charge in [-0.2, -0.15) is 0 Å². The van der Waals surface area contributed by atoms with Gasteiger partial charge in [0.25, 0.3) is 11.8 Å². The van der Waals surface area contributed by atoms with Gasteiger partial charge in [-0.25, -0.2) is 0 Å². The topological polar surface area (TPSA) is 58.2 Å². The van der Waals surface area contributed by atoms with E-state index in [4.69, 9.17) is 0 Å². The molecule has 4 aromatic carbocycles. The first-order valence-corrected chi connectivity index (χ1v) is 12.9. The van der Waals surface area contributed by atoms with Crippen molar-refractivity contribution in [2.75, 3.05) is 10.6 Å². The van der Waals surface area contributed by atoms with Crippen LogP contribution in [0.5, 0.6) is 0 Å². The lowest BCUT2D eigenvalue weighted by Crippen LogP contribution is -2.15. The van der Waals surface area contributed by atoms with E-state index in [1.54, 1.807) is 0 Å². The van der Waals surface area contributed by atoms with Crippen molar-refractivity contribution in [3.05, 3.63) is 129 Å². The highest BCUT2D eigenvalue weighted by atomic mass is 16.2. The molecule has 0 spiro atoms. The molecule has 0 unspecified atom stereocenters. The highest BCUT2D eigenvalue weighted by Gasteiger charge is 2.15. The number of amides is 2. The first-order valence-electron chi connectivity index (χ1n) is 12.9. The summed E-state index contributed by atoms with van der Waals surface area (Å²) in [7, 11) is 0. The molecule has 2 N–H and O–H groups in total. The molecule has 4 nitrogen and oxygen atoms in total. The van der Waals surface area contributed by atoms with Crippen molar-refractivity contribution in [1.29, 1.82) is 0 Å². The summed E-state index contributed by atoms with van der Waals surface area (Å²) in [6, 6.07) is 27.3. The summed E-state index contributed by atoms with van der Waals surface area (Å²) in [5.74, 6) is -0.190. The summed E-state index contributed by atoms with van der Waals surface area (Å²) < 4.78 is 0. The maximum absolute atomic E-state index is 12.8. The van der Waals surface area contributed by atoms with Crippen molar-refractivity contribution in [3.63, 3.8) is 0 Å². The van der Waals surface area contributed by atoms with Gasteiger partial charge in [-0.3, -0.25) is 9.59 Å². The Hall–Kier alpha value is -4.18. The van der Waals surface area contributed by atoms with Gasteiger partial charge in [-0.05, 0) is 90.8 Å². The van der Waals surface area contributed by atoms with Gasteiger partial charge in [0.2, 0.25) is 0 Å². The number of carbonyl (C=O) groups is 2. The Morgan fingerprint density at radius 1 is 0.595 bits per heavy atom. The molecule has 2 amide bonds. The van der Waals surface area contributed by atoms with Crippen LogP contribution in [0, 0.1) is 13.8 Å². The Labute approximate surface area is 219 Å². The molecular formula is C33H34N2O2. The van der Waals surface area contributed by atoms with Gasteiger partial charge >= 0.3 is 0 Å². The van der Waals surface area contributed by atoms with E-state index < -0.39 is 0 Å². The zero-order valence-electron chi connectivity index (χ0n) is 22.0. The highest BCUT2D eigenvalue weighted by molar-refractivity contribution is 6.05. The first-order chi connectivity index (χ1) is 17.9. The molecular weight excluding hydrogens is 456 g/mol. The maximum atomic E-state index is 12.8. The van der Waals surface area contributed by atoms with Crippen LogP contribution in [0.1, 0.15) is 67.9 Å². The molecule has 0 saturated carbocycles. The van der Waals surface area contributed by atoms with Crippen LogP contribution >= 0.6 is 0 Å². The number of aryl methyl sites for hydroxylation is 4. The molecule has 0 bridgehead atoms. The summed E-state index contributed by atoms with van der Waals surface area (Å²) in [6.45, 7) is 8.32. The van der Waals surface area contributed by atoms with Crippen molar-refractivity contribution in [3.8, 4) is 0 Å². The minimum atomic E-state index is -0.0949. The molecule has 0 atom stereocenters. The molecule has 0 aliphatic carbocycles. The fourth-order valence-electron chi connectivity index (χ4n) is 4.79. The number of hydrogen-bond donors (Lipinski definition) is 2. The molecule has 37 heavy (non-hydrogen) atoms. The SMILES string of the molecule is CCc1cc(Cc2cc(C)c(NC(=O)c3ccccc3)c(CC)c2)cc(C)c1NC(=O)c1ccccc1. The van der Waals surface area contributed by atoms with Crippen LogP contribution in [0.15, 0.2) is 84.9 Å². The second kappa shape index (κ2) is 11.7. The van der Waals surface area contributed by atoms with Crippen molar-refractivity contribution in [2.24, 2.45) is 0 Å². The molecule has 4 heteroatoms. The maximum Gasteiger partial charge on any atom is 0.255 e. The zero-order chi connectivity index (χ0) is 26.4. The third kappa shape index (κ3) is 6.15. The normalized spacial score (nSPS) is 10.7. The van der Waals surface area contributed by atoms with Crippen LogP contribution < -0.4 is 10.6 Å². The fraction of sp³-hybridized carbons (Fsp3) is 0.212. The Kier molecular flexibility index (Phi) is 8.19. The Bertz CT molecular complexity index is 1300. The smallest absolute Gasteiger partial charge is 0.255 e. The van der Waals surface area contributed by atoms with Crippen molar-refractivity contribution in [2.45, 2.75) is 47.0 Å². The van der Waals surface area contributed by atoms with Gasteiger partial charge in [0.15, 0.2) is 0 Å². The molecule has 0 heterocycles. The minimum Gasteiger partial charge on any atom is -0.321 e. The Balaban J connectivity index is 1.57. The molecule has 0 fully saturated rings. The highest BCUT2D eigenvalue weighted by Crippen LogP contribution is 2.29. The van der Waals surface area contributed by atoms with E-state index in [0.717, 1.165) is 52.9 Å². The second-order valence-corrected chi connectivity index (χ2v) is 9.42. The van der Waals surface area contributed by atoms with Crippen molar-refractivity contribution < 1.29 is 9.59 Å². The fourth-order valence-corrected chi connectivity index (χ4v) is 4.79. The van der Waals surface area contributed by atoms with Crippen LogP contribution in [0.3, 0.4) is 0 Å². The summed E-state index contributed by atoms with van der Waals surface area (Å²) in [5.41, 5.74) is 9.84. The number of carbonyl (C=O) groups excluding carboxylic acids is 2. The lowest BCUT2D eigenvalue weighted by atomic mass is 9.94. The quantitative estimate of drug-likeness (QED) is 0.268. The largest absolute Gasteiger partial charge is 0.321 e. The second-order valence-electron chi connectivity index (χ2n) is 9.42. The zero-order valence-corrected chi connectivity index (χ0v) is 22.0. The average Bonchev–Trinajstić information content (AvgIpc) is 2.92. The van der Waals surface area contributed by atoms with Gasteiger partial charge in [-0.15, -0.1) is 0 Å². The van der Waals surface area contributed by atoms with E-state index in [1.807, 2.05) is 74.5 Å². The number of nitrogens with one attached hydrogen (secondary N) is 2. The number of rotatable bonds is 8. The average molecular weight is 491 g/mol. The molecule has 0 saturated heterocycles. The predicted octanol–water partition coefficient (Wildman–Crippen LogP) is 7.52. The van der Waals surface area contributed by atoms with Gasteiger partial charge in [0, 0.05) is 22.5 Å². The summed E-state index contributed by atoms with van der Waals surface area (Å²) in [6.07, 6.45) is 2.42. The molecule has 0 aliphatic heterocycles. The molecule has 188 valence electrons. The first kappa shape index (κ1) is 25.9. The Morgan fingerprint density at radius 3 is 1.32 bits per heavy atom. The van der Waals surface area contributed by atoms with Crippen LogP contribution in [-0.2, 0) is 19.3 Å². The monoisotopic (exact) mass is 490 g/mol. The molecule has 0 aliphatic rings. The van der Waals surface area contributed by atoms with Crippen molar-refractivity contribution >= 4 is 23.2 Å². The standard InChI is InChI=1S/C33H34N2O2/c1-5-26-20-24(17-22(3)30(26)34-32(36)28-13-9-7-10-14-28)19-25-18-23(4)31(27(6-2)21-25)35-33(37)29-15-11-8-12-16-29/h7-18,20-21H,5-6,19H2,1-4H3,(H,34,36)(H,35,37). The van der Waals surface area contributed by atoms with Gasteiger partial charge in [0.05, 0.1) is 0 Å². The van der Waals surface area contributed by atoms with Gasteiger partial charge in [0.1, 0.15) is 0 Å². The Morgan fingerprint density at radius 2 is 0.973 bits per heavy atom. The molecule has 4 aromatic rings. The number of benzene rings is 4. The van der Waals surface area contributed by atoms with E-state index >= 15 is 0 Å². The summed E-state index contributed by atoms with van der Waals surface area (Å²) in [4.78, 5) is 25.6. The molecule has 0 radical (unpaired) electrons. The van der Waals surface area contributed by atoms with Crippen LogP contribution in [0.2, 0.25) is 0 Å². The van der Waals surface area contributed by atoms with E-state index in [9.17, 15) is 9.59 Å².